The number of hydrogen-bond acceptors (Lipinski definition) is 4. The first kappa shape index (κ1) is 10.4. The Bertz CT molecular complexity index is 308. The van der Waals surface area contributed by atoms with Crippen molar-refractivity contribution < 1.29 is 14.6 Å². The van der Waals surface area contributed by atoms with Crippen molar-refractivity contribution in [3.8, 4) is 5.75 Å². The van der Waals surface area contributed by atoms with Crippen LogP contribution in [0.15, 0.2) is 12.4 Å². The summed E-state index contributed by atoms with van der Waals surface area (Å²) >= 11 is 0. The van der Waals surface area contributed by atoms with Crippen molar-refractivity contribution in [2.45, 2.75) is 19.8 Å². The van der Waals surface area contributed by atoms with E-state index < -0.39 is 5.97 Å². The second kappa shape index (κ2) is 4.55. The molecule has 1 N–H and O–H groups in total. The minimum Gasteiger partial charge on any atom is -0.479 e. The van der Waals surface area contributed by atoms with Gasteiger partial charge in [-0.2, -0.15) is 0 Å². The summed E-state index contributed by atoms with van der Waals surface area (Å²) in [6, 6.07) is 0. The highest BCUT2D eigenvalue weighted by atomic mass is 16.5. The largest absolute Gasteiger partial charge is 0.479 e. The predicted molar refractivity (Wildman–Crippen MR) is 49.3 cm³/mol. The van der Waals surface area contributed by atoms with Gasteiger partial charge in [0.1, 0.15) is 5.82 Å². The SMILES string of the molecule is CC(C)c1ncc(OCC(=O)O)cn1. The van der Waals surface area contributed by atoms with Gasteiger partial charge in [-0.15, -0.1) is 0 Å². The molecule has 0 aromatic carbocycles. The molecule has 5 heteroatoms. The van der Waals surface area contributed by atoms with Gasteiger partial charge in [0.05, 0.1) is 12.4 Å². The van der Waals surface area contributed by atoms with Gasteiger partial charge in [0.25, 0.3) is 0 Å². The molecule has 1 heterocycles. The molecule has 0 spiro atoms. The molecule has 1 aromatic heterocycles. The van der Waals surface area contributed by atoms with Crippen LogP contribution in [0.3, 0.4) is 0 Å². The summed E-state index contributed by atoms with van der Waals surface area (Å²) in [6.07, 6.45) is 2.95. The molecule has 0 saturated heterocycles. The summed E-state index contributed by atoms with van der Waals surface area (Å²) in [5.41, 5.74) is 0. The van der Waals surface area contributed by atoms with Crippen LogP contribution in [-0.4, -0.2) is 27.7 Å². The summed E-state index contributed by atoms with van der Waals surface area (Å²) in [6.45, 7) is 3.59. The first-order valence-corrected chi connectivity index (χ1v) is 4.26. The van der Waals surface area contributed by atoms with Gasteiger partial charge in [-0.05, 0) is 0 Å². The van der Waals surface area contributed by atoms with Crippen LogP contribution < -0.4 is 4.74 Å². The third-order valence-corrected chi connectivity index (χ3v) is 1.53. The van der Waals surface area contributed by atoms with E-state index in [1.165, 1.54) is 12.4 Å². The first-order chi connectivity index (χ1) is 6.59. The van der Waals surface area contributed by atoms with E-state index in [4.69, 9.17) is 9.84 Å². The molecule has 0 aliphatic carbocycles. The zero-order valence-electron chi connectivity index (χ0n) is 8.10. The Morgan fingerprint density at radius 1 is 1.50 bits per heavy atom. The lowest BCUT2D eigenvalue weighted by molar-refractivity contribution is -0.139. The van der Waals surface area contributed by atoms with Crippen molar-refractivity contribution in [1.29, 1.82) is 0 Å². The number of rotatable bonds is 4. The van der Waals surface area contributed by atoms with E-state index in [9.17, 15) is 4.79 Å². The molecule has 0 bridgehead atoms. The fourth-order valence-corrected chi connectivity index (χ4v) is 0.844. The van der Waals surface area contributed by atoms with Gasteiger partial charge in [0, 0.05) is 5.92 Å². The second-order valence-electron chi connectivity index (χ2n) is 3.11. The number of aliphatic carboxylic acids is 1. The third-order valence-electron chi connectivity index (χ3n) is 1.53. The van der Waals surface area contributed by atoms with Gasteiger partial charge < -0.3 is 9.84 Å². The van der Waals surface area contributed by atoms with E-state index in [1.807, 2.05) is 13.8 Å². The maximum atomic E-state index is 10.2. The maximum absolute atomic E-state index is 10.2. The Hall–Kier alpha value is -1.65. The minimum absolute atomic E-state index is 0.253. The number of hydrogen-bond donors (Lipinski definition) is 1. The Labute approximate surface area is 81.8 Å². The molecule has 0 aliphatic heterocycles. The average Bonchev–Trinajstić information content (AvgIpc) is 2.15. The van der Waals surface area contributed by atoms with Crippen LogP contribution in [-0.2, 0) is 4.79 Å². The Morgan fingerprint density at radius 3 is 2.50 bits per heavy atom. The van der Waals surface area contributed by atoms with Gasteiger partial charge in [0.2, 0.25) is 0 Å². The van der Waals surface area contributed by atoms with Crippen molar-refractivity contribution in [2.24, 2.45) is 0 Å². The summed E-state index contributed by atoms with van der Waals surface area (Å²) in [5, 5.41) is 8.35. The molecule has 0 atom stereocenters. The molecule has 5 nitrogen and oxygen atoms in total. The van der Waals surface area contributed by atoms with Crippen LogP contribution >= 0.6 is 0 Å². The molecule has 76 valence electrons. The van der Waals surface area contributed by atoms with E-state index in [2.05, 4.69) is 9.97 Å². The van der Waals surface area contributed by atoms with Crippen LogP contribution in [0.1, 0.15) is 25.6 Å². The number of ether oxygens (including phenoxy) is 1. The third kappa shape index (κ3) is 3.01. The van der Waals surface area contributed by atoms with Crippen molar-refractivity contribution >= 4 is 5.97 Å². The zero-order chi connectivity index (χ0) is 10.6. The second-order valence-corrected chi connectivity index (χ2v) is 3.11. The van der Waals surface area contributed by atoms with Crippen LogP contribution in [0, 0.1) is 0 Å². The van der Waals surface area contributed by atoms with Crippen molar-refractivity contribution in [3.63, 3.8) is 0 Å². The first-order valence-electron chi connectivity index (χ1n) is 4.26. The summed E-state index contributed by atoms with van der Waals surface area (Å²) in [4.78, 5) is 18.2. The van der Waals surface area contributed by atoms with E-state index in [0.29, 0.717) is 11.6 Å². The van der Waals surface area contributed by atoms with Crippen molar-refractivity contribution in [1.82, 2.24) is 9.97 Å². The Balaban J connectivity index is 2.59. The molecule has 0 fully saturated rings. The van der Waals surface area contributed by atoms with Crippen LogP contribution in [0.25, 0.3) is 0 Å². The Morgan fingerprint density at radius 2 is 2.07 bits per heavy atom. The number of carboxylic acids is 1. The lowest BCUT2D eigenvalue weighted by Crippen LogP contribution is -2.10. The van der Waals surface area contributed by atoms with Crippen LogP contribution in [0.5, 0.6) is 5.75 Å². The van der Waals surface area contributed by atoms with E-state index in [0.717, 1.165) is 0 Å². The highest BCUT2D eigenvalue weighted by Crippen LogP contribution is 2.11. The van der Waals surface area contributed by atoms with Gasteiger partial charge in [-0.3, -0.25) is 0 Å². The molecule has 0 aliphatic rings. The fourth-order valence-electron chi connectivity index (χ4n) is 0.844. The van der Waals surface area contributed by atoms with Crippen LogP contribution in [0.2, 0.25) is 0 Å². The quantitative estimate of drug-likeness (QED) is 0.779. The summed E-state index contributed by atoms with van der Waals surface area (Å²) < 4.78 is 4.88. The number of aromatic nitrogens is 2. The highest BCUT2D eigenvalue weighted by Gasteiger charge is 2.03. The molecule has 0 unspecified atom stereocenters. The number of carboxylic acid groups (broad SMARTS) is 1. The number of nitrogens with zero attached hydrogens (tertiary/aromatic N) is 2. The zero-order valence-corrected chi connectivity index (χ0v) is 8.10. The van der Waals surface area contributed by atoms with Crippen molar-refractivity contribution in [2.75, 3.05) is 6.61 Å². The molecule has 1 aromatic rings. The summed E-state index contributed by atoms with van der Waals surface area (Å²) in [5.74, 6) is 0.325. The highest BCUT2D eigenvalue weighted by molar-refractivity contribution is 5.68. The normalized spacial score (nSPS) is 10.2. The molecule has 0 radical (unpaired) electrons. The standard InChI is InChI=1S/C9H12N2O3/c1-6(2)9-10-3-7(4-11-9)14-5-8(12)13/h3-4,6H,5H2,1-2H3,(H,12,13). The van der Waals surface area contributed by atoms with E-state index in [-0.39, 0.29) is 12.5 Å². The van der Waals surface area contributed by atoms with Gasteiger partial charge >= 0.3 is 5.97 Å². The van der Waals surface area contributed by atoms with Crippen molar-refractivity contribution in [3.05, 3.63) is 18.2 Å². The lowest BCUT2D eigenvalue weighted by Gasteiger charge is -2.04. The topological polar surface area (TPSA) is 72.3 Å². The molecular formula is C9H12N2O3. The molecular weight excluding hydrogens is 184 g/mol. The average molecular weight is 196 g/mol. The van der Waals surface area contributed by atoms with E-state index >= 15 is 0 Å². The monoisotopic (exact) mass is 196 g/mol. The predicted octanol–water partition coefficient (Wildman–Crippen LogP) is 1.06. The molecule has 1 rings (SSSR count). The number of carbonyl (C=O) groups is 1. The van der Waals surface area contributed by atoms with Gasteiger partial charge in [0.15, 0.2) is 12.4 Å². The summed E-state index contributed by atoms with van der Waals surface area (Å²) in [7, 11) is 0. The maximum Gasteiger partial charge on any atom is 0.341 e. The van der Waals surface area contributed by atoms with E-state index in [1.54, 1.807) is 0 Å². The fraction of sp³-hybridized carbons (Fsp3) is 0.444. The Kier molecular flexibility index (Phi) is 3.39. The lowest BCUT2D eigenvalue weighted by atomic mass is 10.2. The minimum atomic E-state index is -1.02. The van der Waals surface area contributed by atoms with Crippen LogP contribution in [0.4, 0.5) is 0 Å². The van der Waals surface area contributed by atoms with Gasteiger partial charge in [-0.25, -0.2) is 14.8 Å². The van der Waals surface area contributed by atoms with Gasteiger partial charge in [-0.1, -0.05) is 13.8 Å². The molecule has 0 saturated carbocycles. The smallest absolute Gasteiger partial charge is 0.341 e. The molecule has 0 amide bonds. The molecule has 14 heavy (non-hydrogen) atoms.